The summed E-state index contributed by atoms with van der Waals surface area (Å²) < 4.78 is 4.87. The average Bonchev–Trinajstić information content (AvgIpc) is 2.50. The molecule has 0 aliphatic heterocycles. The maximum atomic E-state index is 12.2. The Morgan fingerprint density at radius 2 is 2.17 bits per heavy atom. The maximum absolute atomic E-state index is 12.2. The number of aliphatic hydroxyl groups is 1. The molecule has 5 nitrogen and oxygen atoms in total. The van der Waals surface area contributed by atoms with Crippen molar-refractivity contribution in [3.8, 4) is 0 Å². The summed E-state index contributed by atoms with van der Waals surface area (Å²) in [7, 11) is 1.55. The maximum Gasteiger partial charge on any atom is 0.315 e. The Labute approximate surface area is 138 Å². The zero-order valence-corrected chi connectivity index (χ0v) is 14.3. The Bertz CT molecular complexity index is 531. The van der Waals surface area contributed by atoms with Crippen LogP contribution in [-0.2, 0) is 11.2 Å². The number of nitrogens with one attached hydrogen (secondary N) is 2. The van der Waals surface area contributed by atoms with Crippen molar-refractivity contribution < 1.29 is 14.6 Å². The molecule has 1 aliphatic carbocycles. The van der Waals surface area contributed by atoms with E-state index in [4.69, 9.17) is 4.74 Å². The van der Waals surface area contributed by atoms with Crippen LogP contribution < -0.4 is 10.6 Å². The van der Waals surface area contributed by atoms with Crippen LogP contribution in [0.3, 0.4) is 0 Å². The molecule has 1 aromatic rings. The number of carbonyl (C=O) groups is 1. The number of ether oxygens (including phenoxy) is 1. The largest absolute Gasteiger partial charge is 0.391 e. The molecule has 2 atom stereocenters. The molecule has 128 valence electrons. The van der Waals surface area contributed by atoms with Crippen LogP contribution in [0.1, 0.15) is 43.9 Å². The van der Waals surface area contributed by atoms with Gasteiger partial charge >= 0.3 is 6.03 Å². The second kappa shape index (κ2) is 7.79. The number of urea groups is 1. The summed E-state index contributed by atoms with van der Waals surface area (Å²) in [6, 6.07) is 8.11. The van der Waals surface area contributed by atoms with Crippen molar-refractivity contribution in [3.63, 3.8) is 0 Å². The van der Waals surface area contributed by atoms with Crippen LogP contribution in [0.2, 0.25) is 0 Å². The number of rotatable bonds is 6. The fourth-order valence-electron chi connectivity index (χ4n) is 3.15. The van der Waals surface area contributed by atoms with E-state index < -0.39 is 6.10 Å². The lowest BCUT2D eigenvalue weighted by Gasteiger charge is -2.40. The van der Waals surface area contributed by atoms with Crippen molar-refractivity contribution in [2.45, 2.75) is 45.3 Å². The first kappa shape index (κ1) is 17.8. The van der Waals surface area contributed by atoms with Crippen LogP contribution >= 0.6 is 0 Å². The Morgan fingerprint density at radius 1 is 1.43 bits per heavy atom. The lowest BCUT2D eigenvalue weighted by atomic mass is 9.70. The first-order valence-electron chi connectivity index (χ1n) is 8.23. The molecule has 2 amide bonds. The normalized spacial score (nSPS) is 20.4. The van der Waals surface area contributed by atoms with Crippen LogP contribution in [0.25, 0.3) is 0 Å². The zero-order chi connectivity index (χ0) is 16.9. The SMILES string of the molecule is COC[C@@H](O)CCNC(=O)N[C@@H]1c2ccccc2CCC1(C)C. The monoisotopic (exact) mass is 320 g/mol. The van der Waals surface area contributed by atoms with Crippen molar-refractivity contribution in [1.82, 2.24) is 10.6 Å². The molecule has 5 heteroatoms. The van der Waals surface area contributed by atoms with E-state index in [1.807, 2.05) is 12.1 Å². The smallest absolute Gasteiger partial charge is 0.315 e. The number of carbonyl (C=O) groups excluding carboxylic acids is 1. The molecule has 0 saturated carbocycles. The van der Waals surface area contributed by atoms with E-state index in [-0.39, 0.29) is 24.1 Å². The molecule has 0 fully saturated rings. The lowest BCUT2D eigenvalue weighted by Crippen LogP contribution is -2.45. The fraction of sp³-hybridized carbons (Fsp3) is 0.611. The van der Waals surface area contributed by atoms with Crippen molar-refractivity contribution in [3.05, 3.63) is 35.4 Å². The van der Waals surface area contributed by atoms with E-state index in [0.29, 0.717) is 13.0 Å². The van der Waals surface area contributed by atoms with E-state index in [1.165, 1.54) is 11.1 Å². The summed E-state index contributed by atoms with van der Waals surface area (Å²) in [5.41, 5.74) is 2.53. The number of fused-ring (bicyclic) bond motifs is 1. The van der Waals surface area contributed by atoms with Crippen molar-refractivity contribution in [2.75, 3.05) is 20.3 Å². The molecule has 0 radical (unpaired) electrons. The summed E-state index contributed by atoms with van der Waals surface area (Å²) >= 11 is 0. The average molecular weight is 320 g/mol. The van der Waals surface area contributed by atoms with Crippen LogP contribution in [-0.4, -0.2) is 37.5 Å². The van der Waals surface area contributed by atoms with Crippen LogP contribution in [0.4, 0.5) is 4.79 Å². The van der Waals surface area contributed by atoms with Gasteiger partial charge in [0.2, 0.25) is 0 Å². The molecule has 0 spiro atoms. The van der Waals surface area contributed by atoms with Gasteiger partial charge in [0, 0.05) is 13.7 Å². The number of hydrogen-bond donors (Lipinski definition) is 3. The van der Waals surface area contributed by atoms with Crippen LogP contribution in [0.5, 0.6) is 0 Å². The molecule has 23 heavy (non-hydrogen) atoms. The van der Waals surface area contributed by atoms with Crippen molar-refractivity contribution >= 4 is 6.03 Å². The fourth-order valence-corrected chi connectivity index (χ4v) is 3.15. The molecule has 0 bridgehead atoms. The molecule has 0 heterocycles. The summed E-state index contributed by atoms with van der Waals surface area (Å²) in [4.78, 5) is 12.2. The highest BCUT2D eigenvalue weighted by Crippen LogP contribution is 2.43. The van der Waals surface area contributed by atoms with E-state index in [9.17, 15) is 9.90 Å². The molecule has 0 aromatic heterocycles. The van der Waals surface area contributed by atoms with Gasteiger partial charge in [-0.15, -0.1) is 0 Å². The van der Waals surface area contributed by atoms with Gasteiger partial charge in [0.25, 0.3) is 0 Å². The number of aryl methyl sites for hydroxylation is 1. The van der Waals surface area contributed by atoms with Gasteiger partial charge in [-0.05, 0) is 35.8 Å². The molecular formula is C18H28N2O3. The molecule has 1 aromatic carbocycles. The second-order valence-electron chi connectivity index (χ2n) is 6.92. The van der Waals surface area contributed by atoms with Gasteiger partial charge in [0.1, 0.15) is 0 Å². The van der Waals surface area contributed by atoms with E-state index in [2.05, 4.69) is 36.6 Å². The Morgan fingerprint density at radius 3 is 2.91 bits per heavy atom. The van der Waals surface area contributed by atoms with Gasteiger partial charge < -0.3 is 20.5 Å². The lowest BCUT2D eigenvalue weighted by molar-refractivity contribution is 0.0598. The third kappa shape index (κ3) is 4.69. The molecule has 0 unspecified atom stereocenters. The highest BCUT2D eigenvalue weighted by atomic mass is 16.5. The molecule has 2 rings (SSSR count). The van der Waals surface area contributed by atoms with Crippen molar-refractivity contribution in [2.24, 2.45) is 5.41 Å². The molecular weight excluding hydrogens is 292 g/mol. The molecule has 0 saturated heterocycles. The van der Waals surface area contributed by atoms with E-state index >= 15 is 0 Å². The Hall–Kier alpha value is -1.59. The third-order valence-electron chi connectivity index (χ3n) is 4.58. The quantitative estimate of drug-likeness (QED) is 0.754. The Balaban J connectivity index is 1.94. The van der Waals surface area contributed by atoms with Crippen LogP contribution in [0, 0.1) is 5.41 Å². The molecule has 1 aliphatic rings. The number of hydrogen-bond acceptors (Lipinski definition) is 3. The first-order chi connectivity index (χ1) is 10.9. The standard InChI is InChI=1S/C18H28N2O3/c1-18(2)10-8-13-6-4-5-7-15(13)16(18)20-17(22)19-11-9-14(21)12-23-3/h4-7,14,16,21H,8-12H2,1-3H3,(H2,19,20,22)/t14-,16+/m0/s1. The first-order valence-corrected chi connectivity index (χ1v) is 8.23. The predicted octanol–water partition coefficient (Wildman–Crippen LogP) is 2.40. The van der Waals surface area contributed by atoms with Gasteiger partial charge in [-0.25, -0.2) is 4.79 Å². The highest BCUT2D eigenvalue weighted by molar-refractivity contribution is 5.74. The highest BCUT2D eigenvalue weighted by Gasteiger charge is 2.36. The van der Waals surface area contributed by atoms with Gasteiger partial charge in [0.05, 0.1) is 18.8 Å². The van der Waals surface area contributed by atoms with Gasteiger partial charge in [0.15, 0.2) is 0 Å². The van der Waals surface area contributed by atoms with E-state index in [0.717, 1.165) is 12.8 Å². The minimum absolute atomic E-state index is 0.00338. The van der Waals surface area contributed by atoms with Gasteiger partial charge in [-0.1, -0.05) is 38.1 Å². The number of amides is 2. The zero-order valence-electron chi connectivity index (χ0n) is 14.3. The minimum atomic E-state index is -0.549. The number of methoxy groups -OCH3 is 1. The van der Waals surface area contributed by atoms with Crippen LogP contribution in [0.15, 0.2) is 24.3 Å². The Kier molecular flexibility index (Phi) is 6.02. The summed E-state index contributed by atoms with van der Waals surface area (Å²) in [5.74, 6) is 0. The van der Waals surface area contributed by atoms with E-state index in [1.54, 1.807) is 7.11 Å². The summed E-state index contributed by atoms with van der Waals surface area (Å²) in [5, 5.41) is 15.5. The topological polar surface area (TPSA) is 70.6 Å². The number of benzene rings is 1. The predicted molar refractivity (Wildman–Crippen MR) is 90.3 cm³/mol. The minimum Gasteiger partial charge on any atom is -0.391 e. The van der Waals surface area contributed by atoms with Gasteiger partial charge in [-0.2, -0.15) is 0 Å². The summed E-state index contributed by atoms with van der Waals surface area (Å²) in [6.07, 6.45) is 2.02. The third-order valence-corrected chi connectivity index (χ3v) is 4.58. The summed E-state index contributed by atoms with van der Waals surface area (Å²) in [6.45, 7) is 5.09. The van der Waals surface area contributed by atoms with Gasteiger partial charge in [-0.3, -0.25) is 0 Å². The number of aliphatic hydroxyl groups excluding tert-OH is 1. The van der Waals surface area contributed by atoms with Crippen molar-refractivity contribution in [1.29, 1.82) is 0 Å². The molecule has 3 N–H and O–H groups in total. The second-order valence-corrected chi connectivity index (χ2v) is 6.92.